The molecule has 0 aliphatic carbocycles. The van der Waals surface area contributed by atoms with Crippen LogP contribution in [0.15, 0.2) is 53.4 Å². The van der Waals surface area contributed by atoms with Crippen molar-refractivity contribution in [1.29, 1.82) is 0 Å². The Morgan fingerprint density at radius 3 is 2.38 bits per heavy atom. The third-order valence-corrected chi connectivity index (χ3v) is 6.61. The fourth-order valence-corrected chi connectivity index (χ4v) is 4.75. The van der Waals surface area contributed by atoms with Crippen molar-refractivity contribution in [2.45, 2.75) is 24.7 Å². The number of hydrogen-bond acceptors (Lipinski definition) is 3. The standard InChI is InChI=1S/C19H21ClN2O3S/c1-14-3-2-12-22(13-14)26(24,25)18-10-4-15(5-11-18)19(23)21-17-8-6-16(20)7-9-17/h4-11,14H,2-3,12-13H2,1H3,(H,21,23). The van der Waals surface area contributed by atoms with Crippen LogP contribution in [0.2, 0.25) is 5.02 Å². The minimum absolute atomic E-state index is 0.217. The van der Waals surface area contributed by atoms with Crippen LogP contribution < -0.4 is 5.32 Å². The summed E-state index contributed by atoms with van der Waals surface area (Å²) in [6, 6.07) is 12.8. The Morgan fingerprint density at radius 1 is 1.12 bits per heavy atom. The van der Waals surface area contributed by atoms with Crippen molar-refractivity contribution < 1.29 is 13.2 Å². The number of nitrogens with one attached hydrogen (secondary N) is 1. The summed E-state index contributed by atoms with van der Waals surface area (Å²) >= 11 is 5.82. The van der Waals surface area contributed by atoms with Crippen LogP contribution in [-0.2, 0) is 10.0 Å². The smallest absolute Gasteiger partial charge is 0.255 e. The Kier molecular flexibility index (Phi) is 5.65. The van der Waals surface area contributed by atoms with Crippen LogP contribution in [0.4, 0.5) is 5.69 Å². The van der Waals surface area contributed by atoms with E-state index in [0.29, 0.717) is 35.3 Å². The number of sulfonamides is 1. The second kappa shape index (κ2) is 7.78. The highest BCUT2D eigenvalue weighted by molar-refractivity contribution is 7.89. The van der Waals surface area contributed by atoms with Crippen LogP contribution in [0.1, 0.15) is 30.1 Å². The van der Waals surface area contributed by atoms with Gasteiger partial charge in [-0.05, 0) is 67.3 Å². The number of hydrogen-bond donors (Lipinski definition) is 1. The van der Waals surface area contributed by atoms with Gasteiger partial charge in [0.05, 0.1) is 4.90 Å². The first-order chi connectivity index (χ1) is 12.4. The highest BCUT2D eigenvalue weighted by Gasteiger charge is 2.28. The molecule has 0 bridgehead atoms. The minimum Gasteiger partial charge on any atom is -0.322 e. The van der Waals surface area contributed by atoms with Gasteiger partial charge in [0.25, 0.3) is 5.91 Å². The van der Waals surface area contributed by atoms with Gasteiger partial charge in [-0.1, -0.05) is 18.5 Å². The molecule has 0 spiro atoms. The fraction of sp³-hybridized carbons (Fsp3) is 0.316. The van der Waals surface area contributed by atoms with Gasteiger partial charge in [-0.15, -0.1) is 0 Å². The first-order valence-corrected chi connectivity index (χ1v) is 10.4. The molecule has 1 N–H and O–H groups in total. The van der Waals surface area contributed by atoms with Gasteiger partial charge in [0.1, 0.15) is 0 Å². The van der Waals surface area contributed by atoms with Crippen LogP contribution >= 0.6 is 11.6 Å². The van der Waals surface area contributed by atoms with Gasteiger partial charge in [-0.3, -0.25) is 4.79 Å². The second-order valence-corrected chi connectivity index (χ2v) is 8.97. The van der Waals surface area contributed by atoms with E-state index in [1.165, 1.54) is 28.6 Å². The van der Waals surface area contributed by atoms with Crippen LogP contribution in [0.3, 0.4) is 0 Å². The zero-order valence-electron chi connectivity index (χ0n) is 14.5. The maximum Gasteiger partial charge on any atom is 0.255 e. The number of carbonyl (C=O) groups excluding carboxylic acids is 1. The van der Waals surface area contributed by atoms with Gasteiger partial charge in [0.2, 0.25) is 10.0 Å². The number of anilines is 1. The maximum absolute atomic E-state index is 12.7. The lowest BCUT2D eigenvalue weighted by Gasteiger charge is -2.30. The van der Waals surface area contributed by atoms with Crippen LogP contribution in [0, 0.1) is 5.92 Å². The molecule has 1 aliphatic rings. The monoisotopic (exact) mass is 392 g/mol. The van der Waals surface area contributed by atoms with Crippen molar-refractivity contribution in [1.82, 2.24) is 4.31 Å². The predicted molar refractivity (Wildman–Crippen MR) is 103 cm³/mol. The Bertz CT molecular complexity index is 880. The number of rotatable bonds is 4. The summed E-state index contributed by atoms with van der Waals surface area (Å²) < 4.78 is 27.0. The van der Waals surface area contributed by atoms with Gasteiger partial charge in [0.15, 0.2) is 0 Å². The summed E-state index contributed by atoms with van der Waals surface area (Å²) in [5.41, 5.74) is 1.02. The molecule has 2 aromatic carbocycles. The molecule has 0 radical (unpaired) electrons. The molecule has 2 aromatic rings. The minimum atomic E-state index is -3.51. The Labute approximate surface area is 159 Å². The molecule has 0 aromatic heterocycles. The molecule has 1 amide bonds. The number of amides is 1. The van der Waals surface area contributed by atoms with Gasteiger partial charge in [-0.25, -0.2) is 8.42 Å². The summed E-state index contributed by atoms with van der Waals surface area (Å²) in [6.45, 7) is 3.15. The van der Waals surface area contributed by atoms with Crippen molar-refractivity contribution in [2.24, 2.45) is 5.92 Å². The van der Waals surface area contributed by atoms with E-state index in [9.17, 15) is 13.2 Å². The topological polar surface area (TPSA) is 66.5 Å². The number of carbonyl (C=O) groups is 1. The second-order valence-electron chi connectivity index (χ2n) is 6.60. The van der Waals surface area contributed by atoms with E-state index in [1.54, 1.807) is 24.3 Å². The molecule has 3 rings (SSSR count). The molecule has 7 heteroatoms. The van der Waals surface area contributed by atoms with Crippen molar-refractivity contribution in [3.05, 3.63) is 59.1 Å². The summed E-state index contributed by atoms with van der Waals surface area (Å²) in [5, 5.41) is 3.34. The fourth-order valence-electron chi connectivity index (χ4n) is 3.03. The predicted octanol–water partition coefficient (Wildman–Crippen LogP) is 4.01. The molecule has 1 unspecified atom stereocenters. The molecule has 1 heterocycles. The van der Waals surface area contributed by atoms with Crippen LogP contribution in [0.25, 0.3) is 0 Å². The average molecular weight is 393 g/mol. The normalized spacial score (nSPS) is 18.5. The van der Waals surface area contributed by atoms with E-state index in [-0.39, 0.29) is 10.8 Å². The van der Waals surface area contributed by atoms with E-state index in [0.717, 1.165) is 12.8 Å². The lowest BCUT2D eigenvalue weighted by atomic mass is 10.0. The summed E-state index contributed by atoms with van der Waals surface area (Å²) in [5.74, 6) is 0.0609. The van der Waals surface area contributed by atoms with Crippen molar-refractivity contribution in [3.63, 3.8) is 0 Å². The average Bonchev–Trinajstić information content (AvgIpc) is 2.64. The Balaban J connectivity index is 1.73. The largest absolute Gasteiger partial charge is 0.322 e. The van der Waals surface area contributed by atoms with E-state index < -0.39 is 10.0 Å². The first-order valence-electron chi connectivity index (χ1n) is 8.53. The first kappa shape index (κ1) is 18.9. The SMILES string of the molecule is CC1CCCN(S(=O)(=O)c2ccc(C(=O)Nc3ccc(Cl)cc3)cc2)C1. The lowest BCUT2D eigenvalue weighted by Crippen LogP contribution is -2.39. The Hall–Kier alpha value is -1.89. The summed E-state index contributed by atoms with van der Waals surface area (Å²) in [4.78, 5) is 12.5. The third-order valence-electron chi connectivity index (χ3n) is 4.48. The zero-order valence-corrected chi connectivity index (χ0v) is 16.1. The molecule has 26 heavy (non-hydrogen) atoms. The number of nitrogens with zero attached hydrogens (tertiary/aromatic N) is 1. The molecule has 5 nitrogen and oxygen atoms in total. The van der Waals surface area contributed by atoms with Crippen molar-refractivity contribution in [2.75, 3.05) is 18.4 Å². The van der Waals surface area contributed by atoms with Crippen LogP contribution in [-0.4, -0.2) is 31.7 Å². The molecule has 1 fully saturated rings. The number of benzene rings is 2. The summed E-state index contributed by atoms with van der Waals surface area (Å²) in [7, 11) is -3.51. The molecule has 1 aliphatic heterocycles. The van der Waals surface area contributed by atoms with E-state index in [2.05, 4.69) is 12.2 Å². The zero-order chi connectivity index (χ0) is 18.7. The van der Waals surface area contributed by atoms with E-state index in [1.807, 2.05) is 0 Å². The lowest BCUT2D eigenvalue weighted by molar-refractivity contribution is 0.102. The molecular formula is C19H21ClN2O3S. The molecule has 138 valence electrons. The van der Waals surface area contributed by atoms with Crippen LogP contribution in [0.5, 0.6) is 0 Å². The molecule has 0 saturated carbocycles. The molecular weight excluding hydrogens is 372 g/mol. The van der Waals surface area contributed by atoms with Gasteiger partial charge in [0, 0.05) is 29.4 Å². The number of halogens is 1. The van der Waals surface area contributed by atoms with Gasteiger partial charge in [-0.2, -0.15) is 4.31 Å². The number of piperidine rings is 1. The van der Waals surface area contributed by atoms with Gasteiger partial charge < -0.3 is 5.32 Å². The van der Waals surface area contributed by atoms with E-state index in [4.69, 9.17) is 11.6 Å². The van der Waals surface area contributed by atoms with Crippen molar-refractivity contribution >= 4 is 33.2 Å². The van der Waals surface area contributed by atoms with E-state index >= 15 is 0 Å². The Morgan fingerprint density at radius 2 is 1.77 bits per heavy atom. The molecule has 1 saturated heterocycles. The van der Waals surface area contributed by atoms with Crippen molar-refractivity contribution in [3.8, 4) is 0 Å². The summed E-state index contributed by atoms with van der Waals surface area (Å²) in [6.07, 6.45) is 1.93. The maximum atomic E-state index is 12.7. The van der Waals surface area contributed by atoms with Gasteiger partial charge >= 0.3 is 0 Å². The highest BCUT2D eigenvalue weighted by atomic mass is 35.5. The highest BCUT2D eigenvalue weighted by Crippen LogP contribution is 2.24. The quantitative estimate of drug-likeness (QED) is 0.854. The molecule has 1 atom stereocenters. The third kappa shape index (κ3) is 4.26.